The third kappa shape index (κ3) is 1.90. The minimum Gasteiger partial charge on any atom is -0.481 e. The Morgan fingerprint density at radius 1 is 1.62 bits per heavy atom. The molecule has 0 unspecified atom stereocenters. The zero-order chi connectivity index (χ0) is 9.84. The number of anilines is 1. The van der Waals surface area contributed by atoms with Crippen molar-refractivity contribution in [3.8, 4) is 5.88 Å². The van der Waals surface area contributed by atoms with Gasteiger partial charge < -0.3 is 16.2 Å². The third-order valence-corrected chi connectivity index (χ3v) is 1.79. The fraction of sp³-hybridized carbons (Fsp3) is 0.222. The van der Waals surface area contributed by atoms with Gasteiger partial charge in [-0.15, -0.1) is 0 Å². The van der Waals surface area contributed by atoms with Gasteiger partial charge in [0.05, 0.1) is 19.0 Å². The van der Waals surface area contributed by atoms with Crippen molar-refractivity contribution in [1.29, 1.82) is 0 Å². The number of aromatic nitrogens is 1. The molecular weight excluding hydrogens is 166 g/mol. The van der Waals surface area contributed by atoms with Crippen LogP contribution in [0.1, 0.15) is 12.5 Å². The van der Waals surface area contributed by atoms with Gasteiger partial charge in [0.25, 0.3) is 0 Å². The standard InChI is InChI=1S/C9H13N3O/c1-6(4-10)7-3-9(13-2)12-5-8(7)11/h3-5H,10-11H2,1-2H3/b6-4-. The van der Waals surface area contributed by atoms with Crippen LogP contribution in [0, 0.1) is 0 Å². The summed E-state index contributed by atoms with van der Waals surface area (Å²) in [6.45, 7) is 1.88. The minimum atomic E-state index is 0.533. The monoisotopic (exact) mass is 179 g/mol. The van der Waals surface area contributed by atoms with Gasteiger partial charge in [-0.25, -0.2) is 4.98 Å². The van der Waals surface area contributed by atoms with Crippen LogP contribution in [0.3, 0.4) is 0 Å². The maximum atomic E-state index is 5.71. The summed E-state index contributed by atoms with van der Waals surface area (Å²) >= 11 is 0. The first kappa shape index (κ1) is 9.38. The average Bonchev–Trinajstić information content (AvgIpc) is 2.17. The number of ether oxygens (including phenoxy) is 1. The SMILES string of the molecule is COc1cc(/C(C)=C\N)c(N)cn1. The van der Waals surface area contributed by atoms with E-state index in [2.05, 4.69) is 4.98 Å². The van der Waals surface area contributed by atoms with Crippen LogP contribution >= 0.6 is 0 Å². The molecule has 4 N–H and O–H groups in total. The zero-order valence-corrected chi connectivity index (χ0v) is 7.74. The first-order chi connectivity index (χ1) is 6.19. The first-order valence-corrected chi connectivity index (χ1v) is 3.87. The fourth-order valence-corrected chi connectivity index (χ4v) is 0.990. The van der Waals surface area contributed by atoms with E-state index < -0.39 is 0 Å². The van der Waals surface area contributed by atoms with Crippen molar-refractivity contribution >= 4 is 11.3 Å². The van der Waals surface area contributed by atoms with Crippen molar-refractivity contribution in [2.24, 2.45) is 5.73 Å². The highest BCUT2D eigenvalue weighted by molar-refractivity contribution is 5.73. The van der Waals surface area contributed by atoms with Gasteiger partial charge in [-0.2, -0.15) is 0 Å². The molecule has 1 heterocycles. The van der Waals surface area contributed by atoms with Crippen LogP contribution < -0.4 is 16.2 Å². The van der Waals surface area contributed by atoms with E-state index in [1.165, 1.54) is 6.20 Å². The van der Waals surface area contributed by atoms with Crippen LogP contribution in [-0.2, 0) is 0 Å². The molecule has 0 amide bonds. The lowest BCUT2D eigenvalue weighted by atomic mass is 10.1. The fourth-order valence-electron chi connectivity index (χ4n) is 0.990. The Morgan fingerprint density at radius 3 is 2.85 bits per heavy atom. The Hall–Kier alpha value is -1.71. The van der Waals surface area contributed by atoms with Crippen molar-refractivity contribution in [1.82, 2.24) is 4.98 Å². The maximum Gasteiger partial charge on any atom is 0.213 e. The number of nitrogens with zero attached hydrogens (tertiary/aromatic N) is 1. The second-order valence-corrected chi connectivity index (χ2v) is 2.66. The Bertz CT molecular complexity index is 334. The number of hydrogen-bond acceptors (Lipinski definition) is 4. The molecule has 1 rings (SSSR count). The lowest BCUT2D eigenvalue weighted by Crippen LogP contribution is -1.97. The number of methoxy groups -OCH3 is 1. The molecule has 0 aliphatic heterocycles. The van der Waals surface area contributed by atoms with E-state index in [4.69, 9.17) is 16.2 Å². The predicted molar refractivity (Wildman–Crippen MR) is 53.0 cm³/mol. The smallest absolute Gasteiger partial charge is 0.213 e. The van der Waals surface area contributed by atoms with E-state index >= 15 is 0 Å². The Morgan fingerprint density at radius 2 is 2.31 bits per heavy atom. The summed E-state index contributed by atoms with van der Waals surface area (Å²) in [4.78, 5) is 3.96. The Labute approximate surface area is 77.2 Å². The van der Waals surface area contributed by atoms with E-state index in [1.54, 1.807) is 19.4 Å². The van der Waals surface area contributed by atoms with Gasteiger partial charge in [0.2, 0.25) is 5.88 Å². The molecule has 0 saturated heterocycles. The molecule has 1 aromatic rings. The minimum absolute atomic E-state index is 0.533. The number of hydrogen-bond donors (Lipinski definition) is 2. The van der Waals surface area contributed by atoms with Crippen molar-refractivity contribution in [3.63, 3.8) is 0 Å². The molecule has 0 atom stereocenters. The van der Waals surface area contributed by atoms with Gasteiger partial charge in [-0.1, -0.05) is 0 Å². The molecular formula is C9H13N3O. The molecule has 0 spiro atoms. The van der Waals surface area contributed by atoms with Crippen LogP contribution in [-0.4, -0.2) is 12.1 Å². The second-order valence-electron chi connectivity index (χ2n) is 2.66. The molecule has 0 aliphatic rings. The van der Waals surface area contributed by atoms with Crippen molar-refractivity contribution in [3.05, 3.63) is 24.0 Å². The van der Waals surface area contributed by atoms with E-state index in [-0.39, 0.29) is 0 Å². The quantitative estimate of drug-likeness (QED) is 0.710. The summed E-state index contributed by atoms with van der Waals surface area (Å²) in [5.74, 6) is 0.533. The number of pyridine rings is 1. The second kappa shape index (κ2) is 3.80. The zero-order valence-electron chi connectivity index (χ0n) is 7.74. The van der Waals surface area contributed by atoms with Crippen LogP contribution in [0.25, 0.3) is 5.57 Å². The molecule has 0 aliphatic carbocycles. The van der Waals surface area contributed by atoms with Crippen LogP contribution in [0.5, 0.6) is 5.88 Å². The lowest BCUT2D eigenvalue weighted by Gasteiger charge is -2.06. The van der Waals surface area contributed by atoms with Gasteiger partial charge in [0.1, 0.15) is 0 Å². The molecule has 0 saturated carbocycles. The number of nitrogen functional groups attached to an aromatic ring is 1. The van der Waals surface area contributed by atoms with Gasteiger partial charge in [-0.05, 0) is 18.7 Å². The molecule has 4 nitrogen and oxygen atoms in total. The molecule has 0 bridgehead atoms. The summed E-state index contributed by atoms with van der Waals surface area (Å²) in [6.07, 6.45) is 3.06. The summed E-state index contributed by atoms with van der Waals surface area (Å²) in [6, 6.07) is 1.76. The number of nitrogens with two attached hydrogens (primary N) is 2. The molecule has 1 aromatic heterocycles. The van der Waals surface area contributed by atoms with Gasteiger partial charge in [-0.3, -0.25) is 0 Å². The summed E-state index contributed by atoms with van der Waals surface area (Å²) in [5.41, 5.74) is 13.4. The van der Waals surface area contributed by atoms with Gasteiger partial charge in [0, 0.05) is 11.6 Å². The summed E-state index contributed by atoms with van der Waals surface area (Å²) in [7, 11) is 1.56. The van der Waals surface area contributed by atoms with Crippen molar-refractivity contribution < 1.29 is 4.74 Å². The van der Waals surface area contributed by atoms with Crippen molar-refractivity contribution in [2.45, 2.75) is 6.92 Å². The molecule has 13 heavy (non-hydrogen) atoms. The van der Waals surface area contributed by atoms with Gasteiger partial charge >= 0.3 is 0 Å². The highest BCUT2D eigenvalue weighted by Gasteiger charge is 2.03. The van der Waals surface area contributed by atoms with E-state index in [9.17, 15) is 0 Å². The van der Waals surface area contributed by atoms with Crippen molar-refractivity contribution in [2.75, 3.05) is 12.8 Å². The predicted octanol–water partition coefficient (Wildman–Crippen LogP) is 0.992. The summed E-state index contributed by atoms with van der Waals surface area (Å²) < 4.78 is 4.97. The molecule has 4 heteroatoms. The topological polar surface area (TPSA) is 74.2 Å². The molecule has 0 fully saturated rings. The van der Waals surface area contributed by atoms with Gasteiger partial charge in [0.15, 0.2) is 0 Å². The van der Waals surface area contributed by atoms with Crippen LogP contribution in [0.4, 0.5) is 5.69 Å². The highest BCUT2D eigenvalue weighted by atomic mass is 16.5. The number of rotatable bonds is 2. The Kier molecular flexibility index (Phi) is 2.74. The third-order valence-electron chi connectivity index (χ3n) is 1.79. The first-order valence-electron chi connectivity index (χ1n) is 3.87. The van der Waals surface area contributed by atoms with Crippen LogP contribution in [0.15, 0.2) is 18.5 Å². The normalized spacial score (nSPS) is 11.4. The van der Waals surface area contributed by atoms with Crippen LogP contribution in [0.2, 0.25) is 0 Å². The highest BCUT2D eigenvalue weighted by Crippen LogP contribution is 2.22. The molecule has 0 radical (unpaired) electrons. The number of allylic oxidation sites excluding steroid dienone is 1. The lowest BCUT2D eigenvalue weighted by molar-refractivity contribution is 0.398. The van der Waals surface area contributed by atoms with E-state index in [1.807, 2.05) is 6.92 Å². The Balaban J connectivity index is 3.19. The summed E-state index contributed by atoms with van der Waals surface area (Å²) in [5, 5.41) is 0. The maximum absolute atomic E-state index is 5.71. The van der Waals surface area contributed by atoms with E-state index in [0.717, 1.165) is 11.1 Å². The molecule has 70 valence electrons. The van der Waals surface area contributed by atoms with E-state index in [0.29, 0.717) is 11.6 Å². The largest absolute Gasteiger partial charge is 0.481 e. The molecule has 0 aromatic carbocycles. The average molecular weight is 179 g/mol.